The number of hydrogen-bond donors (Lipinski definition) is 2. The lowest BCUT2D eigenvalue weighted by atomic mass is 9.43. The quantitative estimate of drug-likeness (QED) is 0.575. The van der Waals surface area contributed by atoms with E-state index >= 15 is 0 Å². The van der Waals surface area contributed by atoms with Crippen molar-refractivity contribution >= 4 is 0 Å². The smallest absolute Gasteiger partial charge is 0.0648 e. The molecule has 0 bridgehead atoms. The van der Waals surface area contributed by atoms with Gasteiger partial charge in [-0.05, 0) is 117 Å². The maximum Gasteiger partial charge on any atom is 0.0648 e. The monoisotopic (exact) mass is 390 g/mol. The summed E-state index contributed by atoms with van der Waals surface area (Å²) in [5.74, 6) is 4.14. The van der Waals surface area contributed by atoms with Gasteiger partial charge in [-0.3, -0.25) is 0 Å². The fraction of sp³-hybridized carbons (Fsp3) is 1.00. The Hall–Kier alpha value is -0.0800. The second kappa shape index (κ2) is 7.56. The largest absolute Gasteiger partial charge is 0.393 e. The summed E-state index contributed by atoms with van der Waals surface area (Å²) in [6, 6.07) is 0. The van der Waals surface area contributed by atoms with Gasteiger partial charge in [0.25, 0.3) is 0 Å². The highest BCUT2D eigenvalue weighted by molar-refractivity contribution is 5.10. The van der Waals surface area contributed by atoms with Gasteiger partial charge in [-0.1, -0.05) is 34.1 Å². The predicted molar refractivity (Wildman–Crippen MR) is 116 cm³/mol. The van der Waals surface area contributed by atoms with E-state index in [1.165, 1.54) is 44.9 Å². The van der Waals surface area contributed by atoms with Crippen LogP contribution in [0.4, 0.5) is 0 Å². The van der Waals surface area contributed by atoms with Gasteiger partial charge >= 0.3 is 0 Å². The van der Waals surface area contributed by atoms with E-state index in [9.17, 15) is 10.2 Å². The molecule has 2 nitrogen and oxygen atoms in total. The molecule has 0 aliphatic heterocycles. The molecule has 0 spiro atoms. The molecule has 4 aliphatic rings. The van der Waals surface area contributed by atoms with E-state index in [1.807, 2.05) is 0 Å². The van der Waals surface area contributed by atoms with Gasteiger partial charge in [-0.25, -0.2) is 0 Å². The SMILES string of the molecule is CCCC(O)CC1CCC2[C@@H]3CCC4C[C@](O)(CC)CCC4(C)C3CCC12C. The first-order valence-electron chi connectivity index (χ1n) is 12.7. The molecule has 28 heavy (non-hydrogen) atoms. The van der Waals surface area contributed by atoms with Crippen LogP contribution in [0.25, 0.3) is 0 Å². The number of aliphatic hydroxyl groups excluding tert-OH is 1. The van der Waals surface area contributed by atoms with Crippen LogP contribution < -0.4 is 0 Å². The first kappa shape index (κ1) is 21.2. The molecule has 0 aromatic rings. The van der Waals surface area contributed by atoms with Crippen LogP contribution in [0.2, 0.25) is 0 Å². The fourth-order valence-corrected chi connectivity index (χ4v) is 8.92. The zero-order valence-electron chi connectivity index (χ0n) is 19.1. The van der Waals surface area contributed by atoms with E-state index in [1.54, 1.807) is 0 Å². The van der Waals surface area contributed by atoms with Crippen LogP contribution in [0.5, 0.6) is 0 Å². The highest BCUT2D eigenvalue weighted by atomic mass is 16.3. The fourth-order valence-electron chi connectivity index (χ4n) is 8.92. The third-order valence-electron chi connectivity index (χ3n) is 10.9. The molecule has 0 aromatic heterocycles. The van der Waals surface area contributed by atoms with Gasteiger partial charge in [0.05, 0.1) is 11.7 Å². The first-order chi connectivity index (χ1) is 13.3. The summed E-state index contributed by atoms with van der Waals surface area (Å²) in [7, 11) is 0. The summed E-state index contributed by atoms with van der Waals surface area (Å²) in [5.41, 5.74) is 0.553. The van der Waals surface area contributed by atoms with Crippen molar-refractivity contribution < 1.29 is 10.2 Å². The zero-order chi connectivity index (χ0) is 20.2. The number of fused-ring (bicyclic) bond motifs is 5. The second-order valence-corrected chi connectivity index (χ2v) is 11.9. The van der Waals surface area contributed by atoms with Crippen LogP contribution in [0.1, 0.15) is 111 Å². The summed E-state index contributed by atoms with van der Waals surface area (Å²) in [5, 5.41) is 21.5. The van der Waals surface area contributed by atoms with Crippen molar-refractivity contribution in [2.75, 3.05) is 0 Å². The van der Waals surface area contributed by atoms with Gasteiger partial charge in [0.15, 0.2) is 0 Å². The van der Waals surface area contributed by atoms with Crippen molar-refractivity contribution in [1.82, 2.24) is 0 Å². The van der Waals surface area contributed by atoms with Gasteiger partial charge in [-0.15, -0.1) is 0 Å². The Bertz CT molecular complexity index is 561. The van der Waals surface area contributed by atoms with Gasteiger partial charge in [0.2, 0.25) is 0 Å². The van der Waals surface area contributed by atoms with Crippen molar-refractivity contribution in [1.29, 1.82) is 0 Å². The van der Waals surface area contributed by atoms with E-state index in [2.05, 4.69) is 27.7 Å². The minimum atomic E-state index is -0.381. The molecule has 0 aromatic carbocycles. The molecule has 2 heteroatoms. The summed E-state index contributed by atoms with van der Waals surface area (Å²) in [6.07, 6.45) is 15.5. The lowest BCUT2D eigenvalue weighted by Crippen LogP contribution is -2.55. The zero-order valence-corrected chi connectivity index (χ0v) is 19.1. The summed E-state index contributed by atoms with van der Waals surface area (Å²) >= 11 is 0. The molecule has 9 atom stereocenters. The van der Waals surface area contributed by atoms with E-state index in [4.69, 9.17) is 0 Å². The van der Waals surface area contributed by atoms with Gasteiger partial charge in [-0.2, -0.15) is 0 Å². The summed E-state index contributed by atoms with van der Waals surface area (Å²) in [6.45, 7) is 9.56. The van der Waals surface area contributed by atoms with Crippen LogP contribution in [0.15, 0.2) is 0 Å². The van der Waals surface area contributed by atoms with Crippen LogP contribution in [-0.4, -0.2) is 21.9 Å². The molecular weight excluding hydrogens is 344 g/mol. The van der Waals surface area contributed by atoms with Crippen molar-refractivity contribution in [2.24, 2.45) is 40.4 Å². The Morgan fingerprint density at radius 3 is 2.36 bits per heavy atom. The molecule has 4 rings (SSSR count). The predicted octanol–water partition coefficient (Wildman–Crippen LogP) is 6.34. The molecule has 4 aliphatic carbocycles. The van der Waals surface area contributed by atoms with Crippen molar-refractivity contribution in [2.45, 2.75) is 123 Å². The van der Waals surface area contributed by atoms with Gasteiger partial charge in [0.1, 0.15) is 0 Å². The van der Waals surface area contributed by atoms with Crippen molar-refractivity contribution in [3.8, 4) is 0 Å². The average molecular weight is 391 g/mol. The van der Waals surface area contributed by atoms with Crippen LogP contribution >= 0.6 is 0 Å². The Kier molecular flexibility index (Phi) is 5.71. The average Bonchev–Trinajstić information content (AvgIpc) is 2.99. The molecule has 2 N–H and O–H groups in total. The van der Waals surface area contributed by atoms with E-state index < -0.39 is 0 Å². The maximum atomic E-state index is 11.0. The number of rotatable bonds is 5. The number of aliphatic hydroxyl groups is 2. The summed E-state index contributed by atoms with van der Waals surface area (Å²) < 4.78 is 0. The maximum absolute atomic E-state index is 11.0. The molecule has 0 amide bonds. The third kappa shape index (κ3) is 3.29. The van der Waals surface area contributed by atoms with Crippen molar-refractivity contribution in [3.63, 3.8) is 0 Å². The molecule has 0 heterocycles. The van der Waals surface area contributed by atoms with E-state index in [-0.39, 0.29) is 11.7 Å². The lowest BCUT2D eigenvalue weighted by Gasteiger charge is -2.62. The van der Waals surface area contributed by atoms with Crippen LogP contribution in [0.3, 0.4) is 0 Å². The first-order valence-corrected chi connectivity index (χ1v) is 12.7. The topological polar surface area (TPSA) is 40.5 Å². The highest BCUT2D eigenvalue weighted by Crippen LogP contribution is 2.68. The standard InChI is InChI=1S/C26H46O2/c1-5-7-20(27)16-18-9-11-22-21-10-8-19-17-26(28,6-2)15-14-25(19,4)23(21)12-13-24(18,22)3/h18-23,27-28H,5-17H2,1-4H3/t18?,19?,20?,21-,22?,23?,24?,25?,26-/m0/s1. The Morgan fingerprint density at radius 1 is 0.893 bits per heavy atom. The summed E-state index contributed by atoms with van der Waals surface area (Å²) in [4.78, 5) is 0. The highest BCUT2D eigenvalue weighted by Gasteiger charge is 2.61. The van der Waals surface area contributed by atoms with E-state index in [0.29, 0.717) is 10.8 Å². The Labute approximate surface area is 173 Å². The van der Waals surface area contributed by atoms with Crippen LogP contribution in [0, 0.1) is 40.4 Å². The van der Waals surface area contributed by atoms with Gasteiger partial charge in [0, 0.05) is 0 Å². The molecule has 4 fully saturated rings. The molecule has 162 valence electrons. The Balaban J connectivity index is 1.50. The molecule has 4 saturated carbocycles. The molecular formula is C26H46O2. The third-order valence-corrected chi connectivity index (χ3v) is 10.9. The lowest BCUT2D eigenvalue weighted by molar-refractivity contribution is -0.152. The minimum Gasteiger partial charge on any atom is -0.393 e. The molecule has 0 saturated heterocycles. The minimum absolute atomic E-state index is 0.0818. The van der Waals surface area contributed by atoms with Gasteiger partial charge < -0.3 is 10.2 Å². The molecule has 7 unspecified atom stereocenters. The normalized spacial score (nSPS) is 51.9. The second-order valence-electron chi connectivity index (χ2n) is 11.9. The van der Waals surface area contributed by atoms with E-state index in [0.717, 1.165) is 68.1 Å². The Morgan fingerprint density at radius 2 is 1.64 bits per heavy atom. The van der Waals surface area contributed by atoms with Crippen molar-refractivity contribution in [3.05, 3.63) is 0 Å². The molecule has 0 radical (unpaired) electrons. The number of hydrogen-bond acceptors (Lipinski definition) is 2. The van der Waals surface area contributed by atoms with Crippen LogP contribution in [-0.2, 0) is 0 Å².